The number of benzene rings is 2. The summed E-state index contributed by atoms with van der Waals surface area (Å²) in [5.41, 5.74) is 10.3. The van der Waals surface area contributed by atoms with Crippen LogP contribution in [-0.2, 0) is 6.42 Å². The summed E-state index contributed by atoms with van der Waals surface area (Å²) in [7, 11) is 0. The number of oxazole rings is 1. The number of carbonyl (C=O) groups excluding carboxylic acids is 1. The van der Waals surface area contributed by atoms with Crippen LogP contribution >= 0.6 is 0 Å². The molecule has 4 nitrogen and oxygen atoms in total. The quantitative estimate of drug-likeness (QED) is 0.423. The van der Waals surface area contributed by atoms with Gasteiger partial charge in [0.15, 0.2) is 12.2 Å². The Labute approximate surface area is 177 Å². The summed E-state index contributed by atoms with van der Waals surface area (Å²) in [6, 6.07) is 10.7. The van der Waals surface area contributed by atoms with Crippen molar-refractivity contribution in [3.8, 4) is 22.4 Å². The first kappa shape index (κ1) is 19.0. The van der Waals surface area contributed by atoms with Crippen LogP contribution in [0.3, 0.4) is 0 Å². The van der Waals surface area contributed by atoms with E-state index in [1.54, 1.807) is 6.26 Å². The molecule has 0 bridgehead atoms. The van der Waals surface area contributed by atoms with Crippen molar-refractivity contribution in [1.82, 2.24) is 9.88 Å². The molecular weight excluding hydrogens is 372 g/mol. The second-order valence-electron chi connectivity index (χ2n) is 8.00. The van der Waals surface area contributed by atoms with Gasteiger partial charge in [-0.15, -0.1) is 0 Å². The average Bonchev–Trinajstić information content (AvgIpc) is 3.50. The Morgan fingerprint density at radius 1 is 1.03 bits per heavy atom. The van der Waals surface area contributed by atoms with Crippen molar-refractivity contribution in [3.63, 3.8) is 0 Å². The van der Waals surface area contributed by atoms with E-state index < -0.39 is 0 Å². The van der Waals surface area contributed by atoms with E-state index in [-0.39, 0.29) is 5.78 Å². The van der Waals surface area contributed by atoms with Crippen LogP contribution in [0.1, 0.15) is 53.7 Å². The molecule has 30 heavy (non-hydrogen) atoms. The van der Waals surface area contributed by atoms with Gasteiger partial charge in [-0.25, -0.2) is 4.98 Å². The van der Waals surface area contributed by atoms with Crippen LogP contribution in [0.2, 0.25) is 0 Å². The molecule has 0 amide bonds. The summed E-state index contributed by atoms with van der Waals surface area (Å²) in [6.07, 6.45) is 7.98. The molecule has 1 heterocycles. The van der Waals surface area contributed by atoms with Crippen LogP contribution in [0.4, 0.5) is 0 Å². The van der Waals surface area contributed by atoms with Gasteiger partial charge in [0, 0.05) is 24.1 Å². The van der Waals surface area contributed by atoms with Gasteiger partial charge in [-0.1, -0.05) is 44.2 Å². The molecule has 2 aliphatic rings. The molecule has 0 fully saturated rings. The van der Waals surface area contributed by atoms with Crippen molar-refractivity contribution >= 4 is 11.4 Å². The third-order valence-electron chi connectivity index (χ3n) is 6.50. The zero-order chi connectivity index (χ0) is 20.7. The van der Waals surface area contributed by atoms with E-state index in [4.69, 9.17) is 4.42 Å². The summed E-state index contributed by atoms with van der Waals surface area (Å²) in [5, 5.41) is 0. The van der Waals surface area contributed by atoms with Gasteiger partial charge in [-0.3, -0.25) is 4.79 Å². The molecule has 0 aliphatic heterocycles. The van der Waals surface area contributed by atoms with Gasteiger partial charge >= 0.3 is 0 Å². The summed E-state index contributed by atoms with van der Waals surface area (Å²) in [6.45, 7) is 7.62. The highest BCUT2D eigenvalue weighted by Gasteiger charge is 2.31. The predicted octanol–water partition coefficient (Wildman–Crippen LogP) is 5.61. The van der Waals surface area contributed by atoms with Crippen LogP contribution in [0.15, 0.2) is 53.5 Å². The molecule has 4 heteroatoms. The molecule has 5 rings (SSSR count). The zero-order valence-corrected chi connectivity index (χ0v) is 17.6. The van der Waals surface area contributed by atoms with E-state index >= 15 is 0 Å². The van der Waals surface area contributed by atoms with Gasteiger partial charge in [-0.05, 0) is 65.4 Å². The van der Waals surface area contributed by atoms with Gasteiger partial charge < -0.3 is 9.32 Å². The first-order valence-electron chi connectivity index (χ1n) is 10.9. The maximum absolute atomic E-state index is 12.4. The minimum absolute atomic E-state index is 0.265. The summed E-state index contributed by atoms with van der Waals surface area (Å²) >= 11 is 0. The highest BCUT2D eigenvalue weighted by atomic mass is 16.3. The second kappa shape index (κ2) is 7.69. The Bertz CT molecular complexity index is 1140. The van der Waals surface area contributed by atoms with E-state index in [1.165, 1.54) is 39.8 Å². The highest BCUT2D eigenvalue weighted by molar-refractivity contribution is 6.09. The Kier molecular flexibility index (Phi) is 4.87. The third kappa shape index (κ3) is 3.03. The summed E-state index contributed by atoms with van der Waals surface area (Å²) < 4.78 is 5.19. The van der Waals surface area contributed by atoms with E-state index in [0.29, 0.717) is 6.42 Å². The van der Waals surface area contributed by atoms with E-state index in [9.17, 15) is 4.79 Å². The lowest BCUT2D eigenvalue weighted by molar-refractivity contribution is 0.0994. The zero-order valence-electron chi connectivity index (χ0n) is 17.6. The molecule has 0 atom stereocenters. The normalized spacial score (nSPS) is 15.7. The average molecular weight is 399 g/mol. The van der Waals surface area contributed by atoms with Crippen LogP contribution in [0.5, 0.6) is 0 Å². The monoisotopic (exact) mass is 398 g/mol. The number of carbonyl (C=O) groups is 1. The Morgan fingerprint density at radius 3 is 2.60 bits per heavy atom. The van der Waals surface area contributed by atoms with Crippen molar-refractivity contribution in [2.45, 2.75) is 33.1 Å². The van der Waals surface area contributed by atoms with Crippen molar-refractivity contribution in [2.24, 2.45) is 0 Å². The number of hydrogen-bond donors (Lipinski definition) is 0. The highest BCUT2D eigenvalue weighted by Crippen LogP contribution is 2.49. The van der Waals surface area contributed by atoms with Gasteiger partial charge in [-0.2, -0.15) is 0 Å². The fraction of sp³-hybridized carbons (Fsp3) is 0.308. The maximum atomic E-state index is 12.4. The Hall–Kier alpha value is -2.98. The van der Waals surface area contributed by atoms with Crippen molar-refractivity contribution in [3.05, 3.63) is 71.3 Å². The van der Waals surface area contributed by atoms with Crippen molar-refractivity contribution < 1.29 is 9.21 Å². The minimum atomic E-state index is 0.265. The number of rotatable bonds is 6. The molecule has 2 aromatic carbocycles. The molecule has 2 aliphatic carbocycles. The van der Waals surface area contributed by atoms with Crippen molar-refractivity contribution in [1.29, 1.82) is 0 Å². The molecule has 0 saturated heterocycles. The van der Waals surface area contributed by atoms with Crippen LogP contribution in [0.25, 0.3) is 28.0 Å². The molecule has 3 aromatic rings. The maximum Gasteiger partial charge on any atom is 0.181 e. The summed E-state index contributed by atoms with van der Waals surface area (Å²) in [4.78, 5) is 19.1. The number of ketones is 1. The second-order valence-corrected chi connectivity index (χ2v) is 8.00. The van der Waals surface area contributed by atoms with Crippen LogP contribution < -0.4 is 0 Å². The van der Waals surface area contributed by atoms with E-state index in [1.807, 2.05) is 6.07 Å². The van der Waals surface area contributed by atoms with Gasteiger partial charge in [0.25, 0.3) is 0 Å². The fourth-order valence-electron chi connectivity index (χ4n) is 4.87. The molecule has 0 radical (unpaired) electrons. The predicted molar refractivity (Wildman–Crippen MR) is 120 cm³/mol. The molecule has 0 N–H and O–H groups in total. The minimum Gasteiger partial charge on any atom is -0.451 e. The van der Waals surface area contributed by atoms with Gasteiger partial charge in [0.1, 0.15) is 12.0 Å². The molecule has 0 spiro atoms. The fourth-order valence-corrected chi connectivity index (χ4v) is 4.87. The topological polar surface area (TPSA) is 46.3 Å². The SMILES string of the molecule is CCN(CC)CCC=C1c2ccc(-c3cocn3)cc2-c2c1ccc1c2CCC1=O. The van der Waals surface area contributed by atoms with Crippen LogP contribution in [0, 0.1) is 0 Å². The lowest BCUT2D eigenvalue weighted by Crippen LogP contribution is -2.23. The number of nitrogens with zero attached hydrogens (tertiary/aromatic N) is 2. The number of fused-ring (bicyclic) bond motifs is 5. The first-order valence-corrected chi connectivity index (χ1v) is 10.9. The standard InChI is InChI=1S/C26H26N2O2/c1-3-28(4-2)13-5-6-18-19-8-7-17(24-15-30-16-27-24)14-23(19)26-21(18)10-9-20-22(26)11-12-25(20)29/h6-10,14-16H,3-5,11-13H2,1-2H3. The van der Waals surface area contributed by atoms with E-state index in [0.717, 1.165) is 49.3 Å². The molecule has 152 valence electrons. The lowest BCUT2D eigenvalue weighted by Gasteiger charge is -2.16. The molecule has 0 saturated carbocycles. The summed E-state index contributed by atoms with van der Waals surface area (Å²) in [5.74, 6) is 0.265. The molecule has 1 aromatic heterocycles. The third-order valence-corrected chi connectivity index (χ3v) is 6.50. The largest absolute Gasteiger partial charge is 0.451 e. The van der Waals surface area contributed by atoms with Gasteiger partial charge in [0.2, 0.25) is 0 Å². The number of aromatic nitrogens is 1. The molecular formula is C26H26N2O2. The number of Topliss-reactive ketones (excluding diaryl/α,β-unsaturated/α-hetero) is 1. The number of hydrogen-bond acceptors (Lipinski definition) is 4. The van der Waals surface area contributed by atoms with Crippen molar-refractivity contribution in [2.75, 3.05) is 19.6 Å². The van der Waals surface area contributed by atoms with Crippen LogP contribution in [-0.4, -0.2) is 35.3 Å². The smallest absolute Gasteiger partial charge is 0.181 e. The Balaban J connectivity index is 1.63. The van der Waals surface area contributed by atoms with E-state index in [2.05, 4.69) is 54.1 Å². The lowest BCUT2D eigenvalue weighted by atomic mass is 9.95. The van der Waals surface area contributed by atoms with Gasteiger partial charge in [0.05, 0.1) is 0 Å². The first-order chi connectivity index (χ1) is 14.7. The molecule has 0 unspecified atom stereocenters. The Morgan fingerprint density at radius 2 is 1.83 bits per heavy atom.